The zero-order valence-corrected chi connectivity index (χ0v) is 20.8. The predicted molar refractivity (Wildman–Crippen MR) is 135 cm³/mol. The molecule has 9 heteroatoms. The first-order chi connectivity index (χ1) is 16.3. The largest absolute Gasteiger partial charge is 0.383 e. The monoisotopic (exact) mass is 495 g/mol. The molecule has 0 radical (unpaired) electrons. The van der Waals surface area contributed by atoms with Gasteiger partial charge in [-0.3, -0.25) is 9.10 Å². The van der Waals surface area contributed by atoms with Crippen molar-refractivity contribution in [2.75, 3.05) is 25.1 Å². The highest BCUT2D eigenvalue weighted by atomic mass is 32.2. The van der Waals surface area contributed by atoms with Crippen molar-refractivity contribution in [2.45, 2.75) is 18.4 Å². The molecule has 7 nitrogen and oxygen atoms in total. The average molecular weight is 496 g/mol. The minimum absolute atomic E-state index is 0.0999. The van der Waals surface area contributed by atoms with Crippen LogP contribution in [0.15, 0.2) is 82.7 Å². The number of carbonyl (C=O) groups is 1. The van der Waals surface area contributed by atoms with Gasteiger partial charge in [0.15, 0.2) is 4.80 Å². The van der Waals surface area contributed by atoms with Crippen molar-refractivity contribution < 1.29 is 17.9 Å². The van der Waals surface area contributed by atoms with Crippen LogP contribution >= 0.6 is 11.3 Å². The summed E-state index contributed by atoms with van der Waals surface area (Å²) < 4.78 is 35.4. The SMILES string of the molecule is COCCn1c(=NC(=O)c2ccc(S(=O)(=O)N(C)c3ccccc3)cc2)sc2cc(C)ccc21. The number of nitrogens with zero attached hydrogens (tertiary/aromatic N) is 3. The highest BCUT2D eigenvalue weighted by molar-refractivity contribution is 7.92. The smallest absolute Gasteiger partial charge is 0.279 e. The third kappa shape index (κ3) is 4.82. The van der Waals surface area contributed by atoms with Gasteiger partial charge in [0.05, 0.1) is 27.4 Å². The molecule has 0 aliphatic carbocycles. The average Bonchev–Trinajstić information content (AvgIpc) is 3.18. The first kappa shape index (κ1) is 23.9. The van der Waals surface area contributed by atoms with E-state index < -0.39 is 15.9 Å². The van der Waals surface area contributed by atoms with Gasteiger partial charge in [0.2, 0.25) is 0 Å². The number of benzene rings is 3. The molecule has 3 aromatic carbocycles. The number of amides is 1. The fraction of sp³-hybridized carbons (Fsp3) is 0.200. The van der Waals surface area contributed by atoms with Crippen LogP contribution in [0.5, 0.6) is 0 Å². The van der Waals surface area contributed by atoms with Gasteiger partial charge in [-0.2, -0.15) is 4.99 Å². The molecule has 1 amide bonds. The molecule has 0 unspecified atom stereocenters. The van der Waals surface area contributed by atoms with Gasteiger partial charge >= 0.3 is 0 Å². The topological polar surface area (TPSA) is 81.0 Å². The highest BCUT2D eigenvalue weighted by Crippen LogP contribution is 2.22. The van der Waals surface area contributed by atoms with Crippen LogP contribution in [-0.4, -0.2) is 39.7 Å². The second kappa shape index (κ2) is 9.92. The number of hydrogen-bond acceptors (Lipinski definition) is 5. The van der Waals surface area contributed by atoms with Gasteiger partial charge in [-0.1, -0.05) is 35.6 Å². The quantitative estimate of drug-likeness (QED) is 0.384. The van der Waals surface area contributed by atoms with Gasteiger partial charge in [-0.25, -0.2) is 8.42 Å². The molecular weight excluding hydrogens is 470 g/mol. The third-order valence-corrected chi connectivity index (χ3v) is 8.27. The van der Waals surface area contributed by atoms with Gasteiger partial charge in [0, 0.05) is 26.3 Å². The van der Waals surface area contributed by atoms with Gasteiger partial charge in [-0.05, 0) is 61.0 Å². The molecule has 0 saturated carbocycles. The van der Waals surface area contributed by atoms with E-state index in [1.165, 1.54) is 47.0 Å². The maximum atomic E-state index is 13.0. The molecule has 4 rings (SSSR count). The van der Waals surface area contributed by atoms with E-state index in [2.05, 4.69) is 11.1 Å². The number of para-hydroxylation sites is 1. The Kier molecular flexibility index (Phi) is 6.97. The molecule has 34 heavy (non-hydrogen) atoms. The van der Waals surface area contributed by atoms with E-state index in [0.717, 1.165) is 15.8 Å². The van der Waals surface area contributed by atoms with E-state index in [1.807, 2.05) is 29.7 Å². The van der Waals surface area contributed by atoms with Crippen molar-refractivity contribution in [2.24, 2.45) is 4.99 Å². The summed E-state index contributed by atoms with van der Waals surface area (Å²) in [6.07, 6.45) is 0. The number of thiazole rings is 1. The number of rotatable bonds is 7. The zero-order valence-electron chi connectivity index (χ0n) is 19.1. The Labute approximate surface area is 202 Å². The number of anilines is 1. The van der Waals surface area contributed by atoms with E-state index in [9.17, 15) is 13.2 Å². The minimum atomic E-state index is -3.76. The molecule has 176 valence electrons. The van der Waals surface area contributed by atoms with Gasteiger partial charge < -0.3 is 9.30 Å². The zero-order chi connectivity index (χ0) is 24.3. The first-order valence-electron chi connectivity index (χ1n) is 10.6. The van der Waals surface area contributed by atoms with Crippen molar-refractivity contribution >= 4 is 43.2 Å². The highest BCUT2D eigenvalue weighted by Gasteiger charge is 2.21. The van der Waals surface area contributed by atoms with Crippen LogP contribution in [0.25, 0.3) is 10.2 Å². The summed E-state index contributed by atoms with van der Waals surface area (Å²) in [6, 6.07) is 20.8. The molecule has 4 aromatic rings. The van der Waals surface area contributed by atoms with E-state index in [1.54, 1.807) is 31.4 Å². The summed E-state index contributed by atoms with van der Waals surface area (Å²) in [6.45, 7) is 3.07. The summed E-state index contributed by atoms with van der Waals surface area (Å²) in [5, 5.41) is 0. The van der Waals surface area contributed by atoms with Crippen molar-refractivity contribution in [1.29, 1.82) is 0 Å². The maximum absolute atomic E-state index is 13.0. The fourth-order valence-corrected chi connectivity index (χ4v) is 5.87. The number of aromatic nitrogens is 1. The molecule has 0 atom stereocenters. The Morgan fingerprint density at radius 1 is 1.06 bits per heavy atom. The second-order valence-corrected chi connectivity index (χ2v) is 10.7. The lowest BCUT2D eigenvalue weighted by Crippen LogP contribution is -2.26. The van der Waals surface area contributed by atoms with Crippen molar-refractivity contribution in [3.8, 4) is 0 Å². The molecule has 1 aromatic heterocycles. The first-order valence-corrected chi connectivity index (χ1v) is 12.9. The van der Waals surface area contributed by atoms with Crippen LogP contribution in [0.3, 0.4) is 0 Å². The number of hydrogen-bond donors (Lipinski definition) is 0. The van der Waals surface area contributed by atoms with Crippen LogP contribution in [0.1, 0.15) is 15.9 Å². The standard InChI is InChI=1S/C25H25N3O4S2/c1-18-9-14-22-23(17-18)33-25(28(22)15-16-32-3)26-24(29)19-10-12-21(13-11-19)34(30,31)27(2)20-7-5-4-6-8-20/h4-14,17H,15-16H2,1-3H3. The lowest BCUT2D eigenvalue weighted by atomic mass is 10.2. The number of methoxy groups -OCH3 is 1. The predicted octanol–water partition coefficient (Wildman–Crippen LogP) is 4.22. The second-order valence-electron chi connectivity index (χ2n) is 7.75. The number of carbonyl (C=O) groups excluding carboxylic acids is 1. The molecule has 0 N–H and O–H groups in total. The summed E-state index contributed by atoms with van der Waals surface area (Å²) in [5.41, 5.74) is 2.99. The van der Waals surface area contributed by atoms with Crippen molar-refractivity contribution in [3.05, 3.63) is 88.7 Å². The van der Waals surface area contributed by atoms with E-state index in [0.29, 0.717) is 29.2 Å². The number of aryl methyl sites for hydroxylation is 1. The van der Waals surface area contributed by atoms with E-state index in [4.69, 9.17) is 4.74 Å². The Bertz CT molecular complexity index is 1490. The Hall–Kier alpha value is -3.27. The van der Waals surface area contributed by atoms with Crippen molar-refractivity contribution in [1.82, 2.24) is 4.57 Å². The minimum Gasteiger partial charge on any atom is -0.383 e. The van der Waals surface area contributed by atoms with Crippen LogP contribution in [0.4, 0.5) is 5.69 Å². The van der Waals surface area contributed by atoms with Gasteiger partial charge in [0.25, 0.3) is 15.9 Å². The molecule has 0 bridgehead atoms. The fourth-order valence-electron chi connectivity index (χ4n) is 3.52. The molecule has 0 fully saturated rings. The van der Waals surface area contributed by atoms with Crippen LogP contribution in [0, 0.1) is 6.92 Å². The Morgan fingerprint density at radius 2 is 1.76 bits per heavy atom. The molecule has 0 saturated heterocycles. The van der Waals surface area contributed by atoms with Gasteiger partial charge in [-0.15, -0.1) is 0 Å². The molecule has 1 heterocycles. The Morgan fingerprint density at radius 3 is 2.44 bits per heavy atom. The lowest BCUT2D eigenvalue weighted by Gasteiger charge is -2.19. The number of sulfonamides is 1. The van der Waals surface area contributed by atoms with Gasteiger partial charge in [0.1, 0.15) is 0 Å². The summed E-state index contributed by atoms with van der Waals surface area (Å²) in [4.78, 5) is 18.0. The van der Waals surface area contributed by atoms with Crippen LogP contribution < -0.4 is 9.11 Å². The normalized spacial score (nSPS) is 12.3. The summed E-state index contributed by atoms with van der Waals surface area (Å²) >= 11 is 1.44. The lowest BCUT2D eigenvalue weighted by molar-refractivity contribution is 0.0997. The Balaban J connectivity index is 1.65. The number of ether oxygens (including phenoxy) is 1. The van der Waals surface area contributed by atoms with E-state index >= 15 is 0 Å². The third-order valence-electron chi connectivity index (χ3n) is 5.43. The number of fused-ring (bicyclic) bond motifs is 1. The summed E-state index contributed by atoms with van der Waals surface area (Å²) in [7, 11) is -0.624. The summed E-state index contributed by atoms with van der Waals surface area (Å²) in [5.74, 6) is -0.435. The maximum Gasteiger partial charge on any atom is 0.279 e. The molecule has 0 aliphatic rings. The molecule has 0 spiro atoms. The van der Waals surface area contributed by atoms with E-state index in [-0.39, 0.29) is 4.90 Å². The van der Waals surface area contributed by atoms with Crippen LogP contribution in [-0.2, 0) is 21.3 Å². The molecular formula is C25H25N3O4S2. The molecule has 0 aliphatic heterocycles. The van der Waals surface area contributed by atoms with Crippen molar-refractivity contribution in [3.63, 3.8) is 0 Å². The van der Waals surface area contributed by atoms with Crippen LogP contribution in [0.2, 0.25) is 0 Å².